The molecular formula is C18H13BrN2O2S. The van der Waals surface area contributed by atoms with Crippen molar-refractivity contribution in [2.75, 3.05) is 0 Å². The topological polar surface area (TPSA) is 58.9 Å². The summed E-state index contributed by atoms with van der Waals surface area (Å²) in [6, 6.07) is 11.6. The number of nitrogens with zero attached hydrogens (tertiary/aromatic N) is 1. The number of nitrogens with one attached hydrogen (secondary N) is 1. The van der Waals surface area contributed by atoms with E-state index in [2.05, 4.69) is 25.9 Å². The second kappa shape index (κ2) is 5.72. The lowest BCUT2D eigenvalue weighted by Crippen LogP contribution is -2.08. The summed E-state index contributed by atoms with van der Waals surface area (Å²) in [7, 11) is 0. The molecule has 0 aliphatic heterocycles. The molecule has 0 unspecified atom stereocenters. The molecule has 0 atom stereocenters. The summed E-state index contributed by atoms with van der Waals surface area (Å²) in [5.74, 6) is 1.74. The minimum atomic E-state index is -0.126. The molecule has 0 saturated heterocycles. The Bertz CT molecular complexity index is 1110. The van der Waals surface area contributed by atoms with E-state index in [1.807, 2.05) is 50.2 Å². The molecule has 6 heteroatoms. The molecular weight excluding hydrogens is 388 g/mol. The van der Waals surface area contributed by atoms with Crippen LogP contribution >= 0.6 is 27.3 Å². The summed E-state index contributed by atoms with van der Waals surface area (Å²) < 4.78 is 6.91. The molecule has 4 rings (SSSR count). The standard InChI is InChI=1S/C18H13BrN2O2S/c1-9-10(2)24-18-15(9)17(22)20-16(21-18)14-8-7-13(23-14)11-3-5-12(19)6-4-11/h3-8H,1-2H3,(H,20,21,22). The van der Waals surface area contributed by atoms with Crippen molar-refractivity contribution in [1.82, 2.24) is 9.97 Å². The molecule has 0 aliphatic rings. The first-order valence-electron chi connectivity index (χ1n) is 7.39. The van der Waals surface area contributed by atoms with Gasteiger partial charge >= 0.3 is 0 Å². The van der Waals surface area contributed by atoms with Gasteiger partial charge in [0.15, 0.2) is 11.6 Å². The number of H-pyrrole nitrogens is 1. The molecule has 0 spiro atoms. The van der Waals surface area contributed by atoms with Crippen LogP contribution in [0.4, 0.5) is 0 Å². The summed E-state index contributed by atoms with van der Waals surface area (Å²) in [6.07, 6.45) is 0. The maximum atomic E-state index is 12.4. The van der Waals surface area contributed by atoms with E-state index in [0.717, 1.165) is 31.1 Å². The van der Waals surface area contributed by atoms with Crippen LogP contribution in [0, 0.1) is 13.8 Å². The molecule has 0 saturated carbocycles. The molecule has 0 radical (unpaired) electrons. The van der Waals surface area contributed by atoms with E-state index in [1.165, 1.54) is 11.3 Å². The van der Waals surface area contributed by atoms with E-state index in [1.54, 1.807) is 0 Å². The summed E-state index contributed by atoms with van der Waals surface area (Å²) in [5, 5.41) is 0.668. The van der Waals surface area contributed by atoms with Crippen molar-refractivity contribution in [3.8, 4) is 22.9 Å². The van der Waals surface area contributed by atoms with Crippen LogP contribution in [0.15, 0.2) is 50.1 Å². The summed E-state index contributed by atoms with van der Waals surface area (Å²) >= 11 is 4.95. The monoisotopic (exact) mass is 400 g/mol. The first-order valence-corrected chi connectivity index (χ1v) is 9.00. The van der Waals surface area contributed by atoms with Crippen LogP contribution in [0.3, 0.4) is 0 Å². The van der Waals surface area contributed by atoms with Gasteiger partial charge in [0.25, 0.3) is 5.56 Å². The van der Waals surface area contributed by atoms with Crippen LogP contribution in [-0.2, 0) is 0 Å². The quantitative estimate of drug-likeness (QED) is 0.497. The van der Waals surface area contributed by atoms with Gasteiger partial charge in [-0.05, 0) is 43.7 Å². The lowest BCUT2D eigenvalue weighted by molar-refractivity contribution is 0.592. The molecule has 3 heterocycles. The van der Waals surface area contributed by atoms with Gasteiger partial charge in [-0.3, -0.25) is 4.79 Å². The van der Waals surface area contributed by atoms with Crippen LogP contribution in [0.1, 0.15) is 10.4 Å². The zero-order valence-electron chi connectivity index (χ0n) is 13.0. The molecule has 0 bridgehead atoms. The lowest BCUT2D eigenvalue weighted by atomic mass is 10.2. The molecule has 0 aliphatic carbocycles. The number of hydrogen-bond donors (Lipinski definition) is 1. The second-order valence-corrected chi connectivity index (χ2v) is 7.67. The Kier molecular flexibility index (Phi) is 3.66. The molecule has 24 heavy (non-hydrogen) atoms. The van der Waals surface area contributed by atoms with Gasteiger partial charge in [0, 0.05) is 14.9 Å². The largest absolute Gasteiger partial charge is 0.453 e. The number of halogens is 1. The van der Waals surface area contributed by atoms with Crippen LogP contribution in [0.5, 0.6) is 0 Å². The Morgan fingerprint density at radius 1 is 1.08 bits per heavy atom. The van der Waals surface area contributed by atoms with E-state index in [0.29, 0.717) is 17.0 Å². The number of thiophene rings is 1. The third-order valence-electron chi connectivity index (χ3n) is 4.01. The van der Waals surface area contributed by atoms with Gasteiger partial charge in [-0.2, -0.15) is 0 Å². The lowest BCUT2D eigenvalue weighted by Gasteiger charge is -1.99. The van der Waals surface area contributed by atoms with Gasteiger partial charge in [0.1, 0.15) is 10.6 Å². The minimum absolute atomic E-state index is 0.126. The number of hydrogen-bond acceptors (Lipinski definition) is 4. The van der Waals surface area contributed by atoms with Crippen LogP contribution in [-0.4, -0.2) is 9.97 Å². The first kappa shape index (κ1) is 15.4. The summed E-state index contributed by atoms with van der Waals surface area (Å²) in [4.78, 5) is 21.6. The molecule has 4 aromatic rings. The van der Waals surface area contributed by atoms with E-state index in [4.69, 9.17) is 4.42 Å². The number of aromatic nitrogens is 2. The van der Waals surface area contributed by atoms with Crippen molar-refractivity contribution >= 4 is 37.5 Å². The maximum absolute atomic E-state index is 12.4. The highest BCUT2D eigenvalue weighted by Crippen LogP contribution is 2.30. The van der Waals surface area contributed by atoms with Gasteiger partial charge in [-0.25, -0.2) is 4.98 Å². The van der Waals surface area contributed by atoms with Crippen LogP contribution in [0.2, 0.25) is 0 Å². The molecule has 1 N–H and O–H groups in total. The average molecular weight is 401 g/mol. The number of rotatable bonds is 2. The SMILES string of the molecule is Cc1sc2nc(-c3ccc(-c4ccc(Br)cc4)o3)[nH]c(=O)c2c1C. The first-order chi connectivity index (χ1) is 11.5. The predicted molar refractivity (Wildman–Crippen MR) is 101 cm³/mol. The van der Waals surface area contributed by atoms with Crippen LogP contribution in [0.25, 0.3) is 33.1 Å². The van der Waals surface area contributed by atoms with Crippen molar-refractivity contribution in [1.29, 1.82) is 0 Å². The fraction of sp³-hybridized carbons (Fsp3) is 0.111. The van der Waals surface area contributed by atoms with Crippen molar-refractivity contribution in [2.45, 2.75) is 13.8 Å². The van der Waals surface area contributed by atoms with Gasteiger partial charge in [-0.15, -0.1) is 11.3 Å². The normalized spacial score (nSPS) is 11.3. The number of aromatic amines is 1. The van der Waals surface area contributed by atoms with Crippen molar-refractivity contribution in [2.24, 2.45) is 0 Å². The highest BCUT2D eigenvalue weighted by atomic mass is 79.9. The van der Waals surface area contributed by atoms with Gasteiger partial charge in [0.05, 0.1) is 5.39 Å². The molecule has 1 aromatic carbocycles. The van der Waals surface area contributed by atoms with E-state index < -0.39 is 0 Å². The zero-order chi connectivity index (χ0) is 16.8. The van der Waals surface area contributed by atoms with Crippen molar-refractivity contribution < 1.29 is 4.42 Å². The average Bonchev–Trinajstić information content (AvgIpc) is 3.14. The molecule has 3 aromatic heterocycles. The third-order valence-corrected chi connectivity index (χ3v) is 5.64. The molecule has 0 amide bonds. The number of aryl methyl sites for hydroxylation is 2. The van der Waals surface area contributed by atoms with Gasteiger partial charge in [0.2, 0.25) is 0 Å². The molecule has 120 valence electrons. The van der Waals surface area contributed by atoms with E-state index in [-0.39, 0.29) is 5.56 Å². The Balaban J connectivity index is 1.81. The highest BCUT2D eigenvalue weighted by molar-refractivity contribution is 9.10. The Morgan fingerprint density at radius 2 is 1.79 bits per heavy atom. The Hall–Kier alpha value is -2.18. The second-order valence-electron chi connectivity index (χ2n) is 5.55. The number of fused-ring (bicyclic) bond motifs is 1. The number of benzene rings is 1. The highest BCUT2D eigenvalue weighted by Gasteiger charge is 2.15. The van der Waals surface area contributed by atoms with E-state index >= 15 is 0 Å². The maximum Gasteiger partial charge on any atom is 0.260 e. The molecule has 4 nitrogen and oxygen atoms in total. The minimum Gasteiger partial charge on any atom is -0.453 e. The molecule has 0 fully saturated rings. The van der Waals surface area contributed by atoms with Gasteiger partial charge in [-0.1, -0.05) is 28.1 Å². The van der Waals surface area contributed by atoms with Crippen molar-refractivity contribution in [3.63, 3.8) is 0 Å². The zero-order valence-corrected chi connectivity index (χ0v) is 15.4. The van der Waals surface area contributed by atoms with Crippen LogP contribution < -0.4 is 5.56 Å². The fourth-order valence-corrected chi connectivity index (χ4v) is 3.90. The Labute approximate surface area is 150 Å². The number of furan rings is 1. The van der Waals surface area contributed by atoms with Crippen molar-refractivity contribution in [3.05, 3.63) is 61.7 Å². The van der Waals surface area contributed by atoms with Gasteiger partial charge < -0.3 is 9.40 Å². The third kappa shape index (κ3) is 2.52. The fourth-order valence-electron chi connectivity index (χ4n) is 2.61. The van der Waals surface area contributed by atoms with E-state index in [9.17, 15) is 4.79 Å². The smallest absolute Gasteiger partial charge is 0.260 e. The summed E-state index contributed by atoms with van der Waals surface area (Å²) in [6.45, 7) is 3.95. The Morgan fingerprint density at radius 3 is 2.54 bits per heavy atom. The summed E-state index contributed by atoms with van der Waals surface area (Å²) in [5.41, 5.74) is 1.83. The predicted octanol–water partition coefficient (Wildman–Crippen LogP) is 5.29.